The molecule has 1 heterocycles. The largest absolute Gasteiger partial charge is 0.421 e. The molecule has 26 heavy (non-hydrogen) atoms. The molecule has 0 spiro atoms. The number of aromatic nitrogens is 1. The fourth-order valence-electron chi connectivity index (χ4n) is 2.49. The molecule has 0 aliphatic rings. The van der Waals surface area contributed by atoms with Gasteiger partial charge in [0.1, 0.15) is 10.8 Å². The lowest BCUT2D eigenvalue weighted by Crippen LogP contribution is -2.08. The highest BCUT2D eigenvalue weighted by molar-refractivity contribution is 7.21. The first-order chi connectivity index (χ1) is 12.6. The van der Waals surface area contributed by atoms with Crippen molar-refractivity contribution in [1.29, 1.82) is 0 Å². The Morgan fingerprint density at radius 1 is 0.962 bits per heavy atom. The Bertz CT molecular complexity index is 1090. The van der Waals surface area contributed by atoms with Crippen molar-refractivity contribution in [3.8, 4) is 16.3 Å². The van der Waals surface area contributed by atoms with E-state index in [0.29, 0.717) is 10.6 Å². The van der Waals surface area contributed by atoms with E-state index in [1.54, 1.807) is 35.6 Å². The van der Waals surface area contributed by atoms with Crippen molar-refractivity contribution >= 4 is 50.7 Å². The third-order valence-corrected chi connectivity index (χ3v) is 5.35. The van der Waals surface area contributed by atoms with Crippen LogP contribution < -0.4 is 4.74 Å². The number of para-hydroxylation sites is 1. The van der Waals surface area contributed by atoms with Crippen molar-refractivity contribution in [3.05, 3.63) is 82.3 Å². The highest BCUT2D eigenvalue weighted by atomic mass is 35.5. The first-order valence-electron chi connectivity index (χ1n) is 7.73. The zero-order chi connectivity index (χ0) is 18.1. The summed E-state index contributed by atoms with van der Waals surface area (Å²) in [4.78, 5) is 17.1. The van der Waals surface area contributed by atoms with Gasteiger partial charge in [-0.05, 0) is 42.5 Å². The van der Waals surface area contributed by atoms with E-state index < -0.39 is 5.97 Å². The lowest BCUT2D eigenvalue weighted by atomic mass is 10.1. The standard InChI is InChI=1S/C20H11Cl2NO2S/c21-14-8-9-17(15(22)11-14)25-20(24)13-5-3-4-12(10-13)19-23-16-6-1-2-7-18(16)26-19/h1-11H. The zero-order valence-electron chi connectivity index (χ0n) is 13.3. The van der Waals surface area contributed by atoms with Crippen LogP contribution in [0, 0.1) is 0 Å². The molecular formula is C20H11Cl2NO2S. The summed E-state index contributed by atoms with van der Waals surface area (Å²) in [7, 11) is 0. The molecule has 4 rings (SSSR count). The van der Waals surface area contributed by atoms with E-state index in [-0.39, 0.29) is 10.8 Å². The topological polar surface area (TPSA) is 39.2 Å². The second-order valence-corrected chi connectivity index (χ2v) is 7.41. The smallest absolute Gasteiger partial charge is 0.343 e. The van der Waals surface area contributed by atoms with Crippen molar-refractivity contribution in [2.75, 3.05) is 0 Å². The van der Waals surface area contributed by atoms with Crippen LogP contribution in [-0.4, -0.2) is 11.0 Å². The fourth-order valence-corrected chi connectivity index (χ4v) is 3.90. The highest BCUT2D eigenvalue weighted by Crippen LogP contribution is 2.31. The van der Waals surface area contributed by atoms with Gasteiger partial charge in [0.2, 0.25) is 0 Å². The monoisotopic (exact) mass is 399 g/mol. The molecule has 0 saturated carbocycles. The minimum absolute atomic E-state index is 0.270. The lowest BCUT2D eigenvalue weighted by molar-refractivity contribution is 0.0735. The molecule has 0 aliphatic heterocycles. The Morgan fingerprint density at radius 3 is 2.62 bits per heavy atom. The predicted molar refractivity (Wildman–Crippen MR) is 106 cm³/mol. The first-order valence-corrected chi connectivity index (χ1v) is 9.30. The van der Waals surface area contributed by atoms with Gasteiger partial charge in [-0.3, -0.25) is 0 Å². The van der Waals surface area contributed by atoms with E-state index in [4.69, 9.17) is 27.9 Å². The van der Waals surface area contributed by atoms with Crippen LogP contribution in [0.25, 0.3) is 20.8 Å². The molecule has 4 aromatic rings. The number of halogens is 2. The number of hydrogen-bond acceptors (Lipinski definition) is 4. The SMILES string of the molecule is O=C(Oc1ccc(Cl)cc1Cl)c1cccc(-c2nc3ccccc3s2)c1. The Kier molecular flexibility index (Phi) is 4.64. The molecule has 0 aliphatic carbocycles. The van der Waals surface area contributed by atoms with Gasteiger partial charge in [0.15, 0.2) is 0 Å². The van der Waals surface area contributed by atoms with Crippen molar-refractivity contribution < 1.29 is 9.53 Å². The molecule has 0 amide bonds. The van der Waals surface area contributed by atoms with E-state index in [9.17, 15) is 4.79 Å². The quantitative estimate of drug-likeness (QED) is 0.292. The highest BCUT2D eigenvalue weighted by Gasteiger charge is 2.14. The molecule has 0 saturated heterocycles. The van der Waals surface area contributed by atoms with Gasteiger partial charge in [-0.2, -0.15) is 0 Å². The fraction of sp³-hybridized carbons (Fsp3) is 0. The molecule has 0 radical (unpaired) electrons. The molecule has 0 atom stereocenters. The number of carbonyl (C=O) groups is 1. The van der Waals surface area contributed by atoms with E-state index in [1.165, 1.54) is 6.07 Å². The zero-order valence-corrected chi connectivity index (χ0v) is 15.6. The van der Waals surface area contributed by atoms with Gasteiger partial charge in [-0.15, -0.1) is 11.3 Å². The maximum Gasteiger partial charge on any atom is 0.343 e. The lowest BCUT2D eigenvalue weighted by Gasteiger charge is -2.07. The van der Waals surface area contributed by atoms with Crippen molar-refractivity contribution in [2.45, 2.75) is 0 Å². The van der Waals surface area contributed by atoms with Crippen LogP contribution in [0.5, 0.6) is 5.75 Å². The van der Waals surface area contributed by atoms with Crippen molar-refractivity contribution in [1.82, 2.24) is 4.98 Å². The number of benzene rings is 3. The average Bonchev–Trinajstić information content (AvgIpc) is 3.08. The summed E-state index contributed by atoms with van der Waals surface area (Å²) >= 11 is 13.5. The molecule has 128 valence electrons. The summed E-state index contributed by atoms with van der Waals surface area (Å²) in [6.07, 6.45) is 0. The summed E-state index contributed by atoms with van der Waals surface area (Å²) in [6.45, 7) is 0. The molecule has 0 bridgehead atoms. The van der Waals surface area contributed by atoms with Gasteiger partial charge in [-0.1, -0.05) is 47.5 Å². The Hall–Kier alpha value is -2.40. The van der Waals surface area contributed by atoms with Crippen molar-refractivity contribution in [2.24, 2.45) is 0 Å². The van der Waals surface area contributed by atoms with Crippen LogP contribution in [-0.2, 0) is 0 Å². The Balaban J connectivity index is 1.63. The second kappa shape index (κ2) is 7.08. The summed E-state index contributed by atoms with van der Waals surface area (Å²) in [5, 5.41) is 1.62. The van der Waals surface area contributed by atoms with Crippen LogP contribution in [0.1, 0.15) is 10.4 Å². The second-order valence-electron chi connectivity index (χ2n) is 5.53. The summed E-state index contributed by atoms with van der Waals surface area (Å²) in [5.74, 6) is -0.219. The Labute approximate surface area is 163 Å². The number of carbonyl (C=O) groups excluding carboxylic acids is 1. The summed E-state index contributed by atoms with van der Waals surface area (Å²) in [6, 6.07) is 19.8. The molecule has 6 heteroatoms. The molecule has 3 nitrogen and oxygen atoms in total. The van der Waals surface area contributed by atoms with Gasteiger partial charge >= 0.3 is 5.97 Å². The third kappa shape index (κ3) is 3.44. The van der Waals surface area contributed by atoms with E-state index in [1.807, 2.05) is 36.4 Å². The number of esters is 1. The third-order valence-electron chi connectivity index (χ3n) is 3.74. The number of nitrogens with zero attached hydrogens (tertiary/aromatic N) is 1. The molecule has 0 N–H and O–H groups in total. The number of ether oxygens (including phenoxy) is 1. The van der Waals surface area contributed by atoms with Crippen LogP contribution in [0.15, 0.2) is 66.7 Å². The number of rotatable bonds is 3. The van der Waals surface area contributed by atoms with E-state index in [0.717, 1.165) is 20.8 Å². The summed E-state index contributed by atoms with van der Waals surface area (Å²) < 4.78 is 6.49. The maximum absolute atomic E-state index is 12.5. The van der Waals surface area contributed by atoms with Gasteiger partial charge in [0.05, 0.1) is 20.8 Å². The molecule has 0 fully saturated rings. The van der Waals surface area contributed by atoms with E-state index in [2.05, 4.69) is 4.98 Å². The van der Waals surface area contributed by atoms with Gasteiger partial charge < -0.3 is 4.74 Å². The Morgan fingerprint density at radius 2 is 1.81 bits per heavy atom. The molecule has 3 aromatic carbocycles. The summed E-state index contributed by atoms with van der Waals surface area (Å²) in [5.41, 5.74) is 2.23. The molecular weight excluding hydrogens is 389 g/mol. The van der Waals surface area contributed by atoms with Crippen LogP contribution in [0.4, 0.5) is 0 Å². The normalized spacial score (nSPS) is 10.8. The van der Waals surface area contributed by atoms with Crippen LogP contribution >= 0.6 is 34.5 Å². The molecule has 1 aromatic heterocycles. The van der Waals surface area contributed by atoms with E-state index >= 15 is 0 Å². The number of fused-ring (bicyclic) bond motifs is 1. The minimum atomic E-state index is -0.489. The van der Waals surface area contributed by atoms with Gasteiger partial charge in [0.25, 0.3) is 0 Å². The van der Waals surface area contributed by atoms with Crippen LogP contribution in [0.3, 0.4) is 0 Å². The predicted octanol–water partition coefficient (Wildman–Crippen LogP) is 6.49. The van der Waals surface area contributed by atoms with Gasteiger partial charge in [-0.25, -0.2) is 9.78 Å². The minimum Gasteiger partial charge on any atom is -0.421 e. The molecule has 0 unspecified atom stereocenters. The number of hydrogen-bond donors (Lipinski definition) is 0. The number of thiazole rings is 1. The van der Waals surface area contributed by atoms with Gasteiger partial charge in [0, 0.05) is 10.6 Å². The first kappa shape index (κ1) is 17.0. The maximum atomic E-state index is 12.5. The average molecular weight is 400 g/mol. The van der Waals surface area contributed by atoms with Crippen LogP contribution in [0.2, 0.25) is 10.0 Å². The van der Waals surface area contributed by atoms with Crippen molar-refractivity contribution in [3.63, 3.8) is 0 Å².